The van der Waals surface area contributed by atoms with Gasteiger partial charge in [-0.3, -0.25) is 4.55 Å². The van der Waals surface area contributed by atoms with Gasteiger partial charge in [0.15, 0.2) is 0 Å². The first-order valence-corrected chi connectivity index (χ1v) is 12.5. The minimum Gasteiger partial charge on any atom is -0.399 e. The molecule has 0 atom stereocenters. The number of hydrogen-bond acceptors (Lipinski definition) is 9. The summed E-state index contributed by atoms with van der Waals surface area (Å²) in [6.07, 6.45) is 0. The van der Waals surface area contributed by atoms with Crippen molar-refractivity contribution in [1.82, 2.24) is 0 Å². The lowest BCUT2D eigenvalue weighted by Gasteiger charge is -2.02. The zero-order valence-electron chi connectivity index (χ0n) is 20.0. The second kappa shape index (κ2) is 11.0. The molecule has 0 saturated heterocycles. The van der Waals surface area contributed by atoms with Crippen LogP contribution in [0.3, 0.4) is 0 Å². The molecule has 0 aliphatic carbocycles. The Bertz CT molecular complexity index is 1610. The normalized spacial score (nSPS) is 12.2. The van der Waals surface area contributed by atoms with E-state index in [1.807, 2.05) is 44.2 Å². The second-order valence-corrected chi connectivity index (χ2v) is 9.52. The molecule has 186 valence electrons. The van der Waals surface area contributed by atoms with Gasteiger partial charge in [0.2, 0.25) is 0 Å². The molecule has 0 aromatic heterocycles. The number of azo groups is 3. The maximum Gasteiger partial charge on any atom is 0.294 e. The third-order valence-corrected chi connectivity index (χ3v) is 6.08. The molecule has 0 fully saturated rings. The van der Waals surface area contributed by atoms with Gasteiger partial charge in [0, 0.05) is 5.69 Å². The zero-order valence-corrected chi connectivity index (χ0v) is 20.8. The average Bonchev–Trinajstić information content (AvgIpc) is 2.87. The molecule has 4 aromatic rings. The molecule has 0 saturated carbocycles. The van der Waals surface area contributed by atoms with Crippen molar-refractivity contribution >= 4 is 49.9 Å². The lowest BCUT2D eigenvalue weighted by molar-refractivity contribution is 0.483. The standard InChI is InChI=1S/C26H23N7O3S/c1-17-15-19(27)3-13-25(17)33-31-23-10-14-26(18(2)16-23)32-30-21-6-4-20(5-7-21)28-29-22-8-11-24(12-9-22)37(34,35)36/h3-16H,27H2,1-2H3,(H,34,35,36). The highest BCUT2D eigenvalue weighted by atomic mass is 32.2. The van der Waals surface area contributed by atoms with Crippen LogP contribution in [0.2, 0.25) is 0 Å². The molecule has 0 heterocycles. The van der Waals surface area contributed by atoms with E-state index >= 15 is 0 Å². The van der Waals surface area contributed by atoms with Crippen molar-refractivity contribution in [3.8, 4) is 0 Å². The molecule has 0 aliphatic heterocycles. The van der Waals surface area contributed by atoms with E-state index in [4.69, 9.17) is 10.3 Å². The predicted octanol–water partition coefficient (Wildman–Crippen LogP) is 8.38. The van der Waals surface area contributed by atoms with Crippen molar-refractivity contribution in [3.63, 3.8) is 0 Å². The fourth-order valence-electron chi connectivity index (χ4n) is 3.21. The van der Waals surface area contributed by atoms with E-state index in [1.165, 1.54) is 24.3 Å². The second-order valence-electron chi connectivity index (χ2n) is 8.10. The first-order valence-electron chi connectivity index (χ1n) is 11.1. The van der Waals surface area contributed by atoms with Crippen LogP contribution < -0.4 is 5.73 Å². The van der Waals surface area contributed by atoms with Crippen molar-refractivity contribution in [2.75, 3.05) is 5.73 Å². The van der Waals surface area contributed by atoms with Gasteiger partial charge in [0.1, 0.15) is 0 Å². The van der Waals surface area contributed by atoms with Gasteiger partial charge in [-0.2, -0.15) is 39.1 Å². The largest absolute Gasteiger partial charge is 0.399 e. The molecule has 11 heteroatoms. The van der Waals surface area contributed by atoms with Crippen LogP contribution in [0.1, 0.15) is 11.1 Å². The molecule has 0 unspecified atom stereocenters. The number of nitrogens with two attached hydrogens (primary N) is 1. The van der Waals surface area contributed by atoms with E-state index in [1.54, 1.807) is 30.3 Å². The molecule has 37 heavy (non-hydrogen) atoms. The number of rotatable bonds is 7. The Hall–Kier alpha value is -4.61. The fraction of sp³-hybridized carbons (Fsp3) is 0.0769. The fourth-order valence-corrected chi connectivity index (χ4v) is 3.69. The molecule has 0 bridgehead atoms. The van der Waals surface area contributed by atoms with Crippen molar-refractivity contribution in [3.05, 3.63) is 96.1 Å². The van der Waals surface area contributed by atoms with Gasteiger partial charge in [-0.05, 0) is 110 Å². The minimum atomic E-state index is -4.24. The van der Waals surface area contributed by atoms with E-state index in [9.17, 15) is 8.42 Å². The number of benzene rings is 4. The quantitative estimate of drug-likeness (QED) is 0.145. The molecular weight excluding hydrogens is 490 g/mol. The Balaban J connectivity index is 1.40. The predicted molar refractivity (Wildman–Crippen MR) is 142 cm³/mol. The lowest BCUT2D eigenvalue weighted by Crippen LogP contribution is -1.96. The summed E-state index contributed by atoms with van der Waals surface area (Å²) in [5, 5.41) is 25.4. The van der Waals surface area contributed by atoms with E-state index in [0.29, 0.717) is 34.1 Å². The van der Waals surface area contributed by atoms with Crippen LogP contribution in [0.15, 0.2) is 121 Å². The summed E-state index contributed by atoms with van der Waals surface area (Å²) in [4.78, 5) is -0.205. The maximum atomic E-state index is 11.1. The average molecular weight is 514 g/mol. The summed E-state index contributed by atoms with van der Waals surface area (Å²) in [6.45, 7) is 3.86. The van der Waals surface area contributed by atoms with Gasteiger partial charge in [-0.15, -0.1) is 0 Å². The third kappa shape index (κ3) is 6.97. The van der Waals surface area contributed by atoms with E-state index < -0.39 is 10.1 Å². The van der Waals surface area contributed by atoms with Crippen molar-refractivity contribution in [2.24, 2.45) is 30.7 Å². The minimum absolute atomic E-state index is 0.205. The topological polar surface area (TPSA) is 155 Å². The van der Waals surface area contributed by atoms with Crippen LogP contribution in [-0.4, -0.2) is 13.0 Å². The number of hydrogen-bond donors (Lipinski definition) is 2. The summed E-state index contributed by atoms with van der Waals surface area (Å²) >= 11 is 0. The zero-order chi connectivity index (χ0) is 26.4. The number of anilines is 1. The van der Waals surface area contributed by atoms with Crippen molar-refractivity contribution in [1.29, 1.82) is 0 Å². The smallest absolute Gasteiger partial charge is 0.294 e. The van der Waals surface area contributed by atoms with Crippen LogP contribution in [0.5, 0.6) is 0 Å². The summed E-state index contributed by atoms with van der Waals surface area (Å²) < 4.78 is 31.2. The van der Waals surface area contributed by atoms with Gasteiger partial charge in [-0.25, -0.2) is 0 Å². The van der Waals surface area contributed by atoms with Gasteiger partial charge < -0.3 is 5.73 Å². The third-order valence-electron chi connectivity index (χ3n) is 5.21. The highest BCUT2D eigenvalue weighted by Crippen LogP contribution is 2.29. The molecule has 0 radical (unpaired) electrons. The van der Waals surface area contributed by atoms with Crippen molar-refractivity contribution in [2.45, 2.75) is 18.7 Å². The molecule has 3 N–H and O–H groups in total. The summed E-state index contributed by atoms with van der Waals surface area (Å²) in [5.41, 5.74) is 12.2. The lowest BCUT2D eigenvalue weighted by atomic mass is 10.2. The van der Waals surface area contributed by atoms with Gasteiger partial charge in [0.05, 0.1) is 39.0 Å². The molecular formula is C26H23N7O3S. The highest BCUT2D eigenvalue weighted by molar-refractivity contribution is 7.85. The van der Waals surface area contributed by atoms with E-state index in [0.717, 1.165) is 16.8 Å². The first-order chi connectivity index (χ1) is 17.7. The highest BCUT2D eigenvalue weighted by Gasteiger charge is 2.08. The van der Waals surface area contributed by atoms with Crippen LogP contribution in [0.4, 0.5) is 39.8 Å². The van der Waals surface area contributed by atoms with Crippen LogP contribution in [0.25, 0.3) is 0 Å². The van der Waals surface area contributed by atoms with Crippen molar-refractivity contribution < 1.29 is 13.0 Å². The molecule has 0 aliphatic rings. The van der Waals surface area contributed by atoms with Gasteiger partial charge in [-0.1, -0.05) is 0 Å². The molecule has 10 nitrogen and oxygen atoms in total. The number of nitrogens with zero attached hydrogens (tertiary/aromatic N) is 6. The molecule has 0 amide bonds. The number of nitrogen functional groups attached to an aromatic ring is 1. The Morgan fingerprint density at radius 3 is 1.46 bits per heavy atom. The maximum absolute atomic E-state index is 11.1. The SMILES string of the molecule is Cc1cc(N)ccc1N=Nc1ccc(N=Nc2ccc(N=Nc3ccc(S(=O)(=O)O)cc3)cc2)c(C)c1. The van der Waals surface area contributed by atoms with Crippen LogP contribution in [-0.2, 0) is 10.1 Å². The molecule has 0 spiro atoms. The van der Waals surface area contributed by atoms with E-state index in [-0.39, 0.29) is 4.90 Å². The monoisotopic (exact) mass is 513 g/mol. The van der Waals surface area contributed by atoms with Crippen LogP contribution >= 0.6 is 0 Å². The Labute approximate surface area is 214 Å². The summed E-state index contributed by atoms with van der Waals surface area (Å²) in [6, 6.07) is 23.4. The van der Waals surface area contributed by atoms with E-state index in [2.05, 4.69) is 30.7 Å². The Kier molecular flexibility index (Phi) is 7.56. The summed E-state index contributed by atoms with van der Waals surface area (Å²) in [5.74, 6) is 0. The van der Waals surface area contributed by atoms with Gasteiger partial charge >= 0.3 is 0 Å². The number of aryl methyl sites for hydroxylation is 2. The Morgan fingerprint density at radius 1 is 0.568 bits per heavy atom. The molecule has 4 rings (SSSR count). The molecule has 4 aromatic carbocycles. The Morgan fingerprint density at radius 2 is 0.973 bits per heavy atom. The van der Waals surface area contributed by atoms with Crippen LogP contribution in [0, 0.1) is 13.8 Å². The van der Waals surface area contributed by atoms with Gasteiger partial charge in [0.25, 0.3) is 10.1 Å². The first kappa shape index (κ1) is 25.5. The summed E-state index contributed by atoms with van der Waals surface area (Å²) in [7, 11) is -4.24.